The Morgan fingerprint density at radius 3 is 2.27 bits per heavy atom. The first-order chi connectivity index (χ1) is 20.7. The molecule has 0 spiro atoms. The maximum Gasteiger partial charge on any atom is 0.481 e. The largest absolute Gasteiger partial charge is 0.481 e. The van der Waals surface area contributed by atoms with E-state index in [2.05, 4.69) is 23.8 Å². The minimum absolute atomic E-state index is 0.0505. The van der Waals surface area contributed by atoms with Gasteiger partial charge < -0.3 is 51.2 Å². The van der Waals surface area contributed by atoms with Gasteiger partial charge in [-0.2, -0.15) is 8.88 Å². The van der Waals surface area contributed by atoms with Gasteiger partial charge in [0, 0.05) is 6.07 Å². The number of ether oxygens (including phenoxy) is 2. The van der Waals surface area contributed by atoms with Gasteiger partial charge in [-0.3, -0.25) is 18.4 Å². The van der Waals surface area contributed by atoms with Crippen LogP contribution in [-0.2, 0) is 32.0 Å². The lowest BCUT2D eigenvalue weighted by molar-refractivity contribution is -0.765. The molecule has 10 atom stereocenters. The van der Waals surface area contributed by atoms with Crippen molar-refractivity contribution >= 4 is 38.5 Å². The Balaban J connectivity index is 1.16. The van der Waals surface area contributed by atoms with Gasteiger partial charge in [0.15, 0.2) is 36.2 Å². The Labute approximate surface area is 246 Å². The van der Waals surface area contributed by atoms with E-state index in [0.29, 0.717) is 0 Å². The van der Waals surface area contributed by atoms with Crippen molar-refractivity contribution in [2.75, 3.05) is 18.9 Å². The predicted octanol–water partition coefficient (Wildman–Crippen LogP) is -3.02. The average molecular weight is 664 g/mol. The highest BCUT2D eigenvalue weighted by Gasteiger charge is 2.50. The number of amides is 1. The van der Waals surface area contributed by atoms with E-state index in [0.717, 1.165) is 6.33 Å². The zero-order valence-electron chi connectivity index (χ0n) is 22.2. The number of carbonyl (C=O) groups excluding carboxylic acids is 1. The summed E-state index contributed by atoms with van der Waals surface area (Å²) < 4.78 is 52.0. The van der Waals surface area contributed by atoms with E-state index in [1.54, 1.807) is 0 Å². The third-order valence-corrected chi connectivity index (χ3v) is 9.35. The van der Waals surface area contributed by atoms with E-state index in [4.69, 9.17) is 25.5 Å². The fourth-order valence-electron chi connectivity index (χ4n) is 4.58. The van der Waals surface area contributed by atoms with E-state index in [1.165, 1.54) is 40.0 Å². The number of hydrogen-bond acceptors (Lipinski definition) is 16. The van der Waals surface area contributed by atoms with Crippen LogP contribution in [0, 0.1) is 0 Å². The number of imidazole rings is 1. The fraction of sp³-hybridized carbons (Fsp3) is 0.476. The first kappa shape index (κ1) is 32.4. The van der Waals surface area contributed by atoms with Gasteiger partial charge in [0.1, 0.15) is 47.9 Å². The van der Waals surface area contributed by atoms with Crippen LogP contribution in [0.5, 0.6) is 0 Å². The van der Waals surface area contributed by atoms with Crippen LogP contribution in [0.15, 0.2) is 37.2 Å². The van der Waals surface area contributed by atoms with Gasteiger partial charge >= 0.3 is 15.6 Å². The molecule has 3 aromatic rings. The molecule has 0 saturated carbocycles. The Bertz CT molecular complexity index is 1630. The molecule has 0 radical (unpaired) electrons. The van der Waals surface area contributed by atoms with Crippen molar-refractivity contribution in [3.05, 3.63) is 42.7 Å². The maximum absolute atomic E-state index is 12.4. The van der Waals surface area contributed by atoms with Gasteiger partial charge in [0.2, 0.25) is 0 Å². The Hall–Kier alpha value is -3.01. The number of pyridine rings is 1. The van der Waals surface area contributed by atoms with Gasteiger partial charge in [0.25, 0.3) is 12.1 Å². The SMILES string of the molecule is NC(=O)c1ccc[n+]([C@@H]2O[C@H](COP(=O)(O)OP(=O)(O)OCC3O[C@@H](n4cnc5c(N)ncnc54)[C@H](O)[C@@H]3O)[C@@H](O)[C@H]2O)c1. The van der Waals surface area contributed by atoms with E-state index >= 15 is 0 Å². The summed E-state index contributed by atoms with van der Waals surface area (Å²) in [6.45, 7) is -1.80. The molecule has 10 N–H and O–H groups in total. The molecular formula is C21H28N7O14P2+. The Morgan fingerprint density at radius 2 is 1.61 bits per heavy atom. The average Bonchev–Trinajstić information content (AvgIpc) is 3.61. The second-order valence-electron chi connectivity index (χ2n) is 9.69. The molecule has 0 aromatic carbocycles. The third kappa shape index (κ3) is 6.65. The number of nitrogens with two attached hydrogens (primary N) is 2. The van der Waals surface area contributed by atoms with Crippen LogP contribution in [0.1, 0.15) is 22.8 Å². The predicted molar refractivity (Wildman–Crippen MR) is 139 cm³/mol. The van der Waals surface area contributed by atoms with Crippen molar-refractivity contribution in [2.24, 2.45) is 5.73 Å². The van der Waals surface area contributed by atoms with E-state index in [1.807, 2.05) is 0 Å². The minimum Gasteiger partial charge on any atom is -0.387 e. The summed E-state index contributed by atoms with van der Waals surface area (Å²) in [7, 11) is -10.7. The van der Waals surface area contributed by atoms with Crippen molar-refractivity contribution in [3.63, 3.8) is 0 Å². The molecule has 5 heterocycles. The molecule has 1 amide bonds. The molecule has 240 valence electrons. The lowest BCUT2D eigenvalue weighted by Crippen LogP contribution is -2.46. The molecule has 44 heavy (non-hydrogen) atoms. The van der Waals surface area contributed by atoms with Crippen LogP contribution >= 0.6 is 15.6 Å². The monoisotopic (exact) mass is 664 g/mol. The number of aromatic nitrogens is 5. The van der Waals surface area contributed by atoms with Crippen molar-refractivity contribution < 1.29 is 71.5 Å². The first-order valence-corrected chi connectivity index (χ1v) is 15.6. The third-order valence-electron chi connectivity index (χ3n) is 6.75. The molecule has 2 aliphatic rings. The zero-order valence-corrected chi connectivity index (χ0v) is 24.0. The lowest BCUT2D eigenvalue weighted by Gasteiger charge is -2.20. The number of aliphatic hydroxyl groups is 4. The van der Waals surface area contributed by atoms with Crippen molar-refractivity contribution in [1.29, 1.82) is 0 Å². The van der Waals surface area contributed by atoms with Gasteiger partial charge in [-0.25, -0.2) is 24.1 Å². The smallest absolute Gasteiger partial charge is 0.387 e. The molecule has 5 rings (SSSR count). The number of fused-ring (bicyclic) bond motifs is 1. The fourth-order valence-corrected chi connectivity index (χ4v) is 6.67. The Morgan fingerprint density at radius 1 is 0.977 bits per heavy atom. The highest BCUT2D eigenvalue weighted by atomic mass is 31.3. The molecule has 21 nitrogen and oxygen atoms in total. The number of nitrogens with zero attached hydrogens (tertiary/aromatic N) is 5. The summed E-state index contributed by atoms with van der Waals surface area (Å²) in [6.07, 6.45) is -6.85. The number of phosphoric acid groups is 2. The zero-order chi connectivity index (χ0) is 32.0. The van der Waals surface area contributed by atoms with Crippen LogP contribution in [-0.4, -0.2) is 105 Å². The van der Waals surface area contributed by atoms with Crippen molar-refractivity contribution in [1.82, 2.24) is 19.5 Å². The molecule has 3 aromatic heterocycles. The standard InChI is InChI=1S/C21H27N7O14P2/c22-17-12-19(25-7-24-17)28(8-26-12)21-16(32)14(30)11(41-21)6-39-44(36,37)42-43(34,35)38-5-10-13(29)15(31)20(40-10)27-3-1-2-9(4-27)18(23)33/h1-4,7-8,10-11,13-16,20-21,29-32H,5-6H2,(H5-,22,23,24,25,33,34,35,36,37)/p+1/t10-,11?,13-,14-,15-,16-,20-,21-/m1/s1. The quantitative estimate of drug-likeness (QED) is 0.0747. The second kappa shape index (κ2) is 12.4. The normalized spacial score (nSPS) is 31.6. The number of phosphoric ester groups is 2. The topological polar surface area (TPSA) is 318 Å². The van der Waals surface area contributed by atoms with Crippen LogP contribution in [0.4, 0.5) is 5.82 Å². The number of primary amides is 1. The van der Waals surface area contributed by atoms with Crippen LogP contribution < -0.4 is 16.0 Å². The van der Waals surface area contributed by atoms with Gasteiger partial charge in [0.05, 0.1) is 19.5 Å². The number of carbonyl (C=O) groups is 1. The van der Waals surface area contributed by atoms with Gasteiger partial charge in [-0.1, -0.05) is 0 Å². The summed E-state index contributed by atoms with van der Waals surface area (Å²) in [5, 5.41) is 41.6. The number of anilines is 1. The van der Waals surface area contributed by atoms with E-state index < -0.39 is 83.8 Å². The molecule has 23 heteroatoms. The van der Waals surface area contributed by atoms with Crippen LogP contribution in [0.3, 0.4) is 0 Å². The maximum atomic E-state index is 12.4. The highest BCUT2D eigenvalue weighted by Crippen LogP contribution is 2.60. The Kier molecular flexibility index (Phi) is 9.13. The van der Waals surface area contributed by atoms with Gasteiger partial charge in [-0.15, -0.1) is 0 Å². The van der Waals surface area contributed by atoms with Crippen LogP contribution in [0.25, 0.3) is 11.2 Å². The first-order valence-electron chi connectivity index (χ1n) is 12.6. The molecular weight excluding hydrogens is 636 g/mol. The van der Waals surface area contributed by atoms with Crippen molar-refractivity contribution in [2.45, 2.75) is 49.1 Å². The summed E-state index contributed by atoms with van der Waals surface area (Å²) in [5.41, 5.74) is 11.4. The summed E-state index contributed by atoms with van der Waals surface area (Å²) in [5.74, 6) is -0.714. The molecule has 0 bridgehead atoms. The second-order valence-corrected chi connectivity index (χ2v) is 12.7. The lowest BCUT2D eigenvalue weighted by atomic mass is 10.1. The summed E-state index contributed by atoms with van der Waals surface area (Å²) in [4.78, 5) is 43.3. The number of rotatable bonds is 11. The van der Waals surface area contributed by atoms with Crippen LogP contribution in [0.2, 0.25) is 0 Å². The molecule has 0 aliphatic carbocycles. The number of aliphatic hydroxyl groups excluding tert-OH is 4. The summed E-state index contributed by atoms with van der Waals surface area (Å²) >= 11 is 0. The molecule has 2 saturated heterocycles. The number of nitrogen functional groups attached to an aromatic ring is 1. The molecule has 2 fully saturated rings. The van der Waals surface area contributed by atoms with E-state index in [9.17, 15) is 44.1 Å². The molecule has 3 unspecified atom stereocenters. The van der Waals surface area contributed by atoms with E-state index in [-0.39, 0.29) is 22.5 Å². The minimum atomic E-state index is -5.37. The molecule has 2 aliphatic heterocycles. The van der Waals surface area contributed by atoms with Crippen molar-refractivity contribution in [3.8, 4) is 0 Å². The number of hydrogen-bond donors (Lipinski definition) is 8. The summed E-state index contributed by atoms with van der Waals surface area (Å²) in [6, 6.07) is 2.83. The highest BCUT2D eigenvalue weighted by molar-refractivity contribution is 7.61. The van der Waals surface area contributed by atoms with Gasteiger partial charge in [-0.05, 0) is 6.07 Å².